The molecule has 0 aliphatic rings. The first kappa shape index (κ1) is 21.3. The molecule has 152 valence electrons. The Kier molecular flexibility index (Phi) is 6.93. The number of rotatable bonds is 8. The van der Waals surface area contributed by atoms with E-state index in [-0.39, 0.29) is 28.5 Å². The molecule has 2 aromatic carbocycles. The van der Waals surface area contributed by atoms with Crippen molar-refractivity contribution in [2.75, 3.05) is 21.5 Å². The Hall–Kier alpha value is -2.37. The van der Waals surface area contributed by atoms with E-state index in [1.807, 2.05) is 18.2 Å². The number of benzene rings is 2. The largest absolute Gasteiger partial charge is 0.411 e. The molecule has 0 saturated heterocycles. The number of hydrogen-bond donors (Lipinski definition) is 2. The van der Waals surface area contributed by atoms with Crippen LogP contribution in [0.2, 0.25) is 0 Å². The van der Waals surface area contributed by atoms with Crippen LogP contribution in [0.1, 0.15) is 6.92 Å². The summed E-state index contributed by atoms with van der Waals surface area (Å²) in [6.07, 6.45) is 0. The molecule has 11 heteroatoms. The van der Waals surface area contributed by atoms with Gasteiger partial charge in [-0.3, -0.25) is 9.52 Å². The number of sulfonamides is 1. The van der Waals surface area contributed by atoms with Crippen LogP contribution >= 0.6 is 27.7 Å². The molecule has 2 N–H and O–H groups in total. The second-order valence-electron chi connectivity index (χ2n) is 5.77. The number of aromatic nitrogens is 2. The van der Waals surface area contributed by atoms with E-state index < -0.39 is 10.0 Å². The average molecular weight is 497 g/mol. The van der Waals surface area contributed by atoms with Crippen LogP contribution in [0.5, 0.6) is 0 Å². The quantitative estimate of drug-likeness (QED) is 0.453. The van der Waals surface area contributed by atoms with Crippen LogP contribution in [0.15, 0.2) is 62.6 Å². The van der Waals surface area contributed by atoms with Gasteiger partial charge in [0, 0.05) is 15.7 Å². The fourth-order valence-corrected chi connectivity index (χ4v) is 3.78. The summed E-state index contributed by atoms with van der Waals surface area (Å²) in [6, 6.07) is 13.9. The Morgan fingerprint density at radius 3 is 2.55 bits per heavy atom. The summed E-state index contributed by atoms with van der Waals surface area (Å²) >= 11 is 4.50. The van der Waals surface area contributed by atoms with Gasteiger partial charge in [-0.15, -0.1) is 10.2 Å². The molecule has 0 spiro atoms. The molecule has 1 heterocycles. The number of para-hydroxylation sites is 1. The van der Waals surface area contributed by atoms with E-state index in [2.05, 4.69) is 36.2 Å². The highest BCUT2D eigenvalue weighted by molar-refractivity contribution is 9.10. The molecule has 3 aromatic rings. The van der Waals surface area contributed by atoms with Gasteiger partial charge in [0.25, 0.3) is 5.22 Å². The monoisotopic (exact) mass is 496 g/mol. The topological polar surface area (TPSA) is 114 Å². The van der Waals surface area contributed by atoms with Crippen molar-refractivity contribution in [3.8, 4) is 11.5 Å². The van der Waals surface area contributed by atoms with Gasteiger partial charge in [-0.05, 0) is 59.3 Å². The van der Waals surface area contributed by atoms with E-state index in [4.69, 9.17) is 4.42 Å². The number of carbonyl (C=O) groups is 1. The lowest BCUT2D eigenvalue weighted by Gasteiger charge is -2.06. The Bertz CT molecular complexity index is 1100. The van der Waals surface area contributed by atoms with E-state index in [0.717, 1.165) is 16.2 Å². The first-order valence-corrected chi connectivity index (χ1v) is 11.9. The van der Waals surface area contributed by atoms with Gasteiger partial charge in [0.2, 0.25) is 21.8 Å². The molecule has 3 rings (SSSR count). The van der Waals surface area contributed by atoms with Crippen molar-refractivity contribution in [3.63, 3.8) is 0 Å². The van der Waals surface area contributed by atoms with Crippen LogP contribution in [-0.2, 0) is 14.8 Å². The maximum atomic E-state index is 12.1. The van der Waals surface area contributed by atoms with Gasteiger partial charge in [0.05, 0.1) is 17.2 Å². The van der Waals surface area contributed by atoms with Gasteiger partial charge in [0.1, 0.15) is 0 Å². The van der Waals surface area contributed by atoms with Crippen LogP contribution in [0.4, 0.5) is 11.4 Å². The lowest BCUT2D eigenvalue weighted by Crippen LogP contribution is -2.14. The minimum absolute atomic E-state index is 0.00615. The molecular formula is C18H17BrN4O4S2. The molecule has 1 amide bonds. The Labute approximate surface area is 180 Å². The molecule has 0 saturated carbocycles. The van der Waals surface area contributed by atoms with Crippen LogP contribution in [0, 0.1) is 0 Å². The molecule has 29 heavy (non-hydrogen) atoms. The van der Waals surface area contributed by atoms with E-state index >= 15 is 0 Å². The van der Waals surface area contributed by atoms with Gasteiger partial charge in [0.15, 0.2) is 0 Å². The average Bonchev–Trinajstić information content (AvgIpc) is 3.18. The number of carbonyl (C=O) groups excluding carboxylic acids is 1. The second kappa shape index (κ2) is 9.42. The Morgan fingerprint density at radius 1 is 1.14 bits per heavy atom. The molecule has 8 nitrogen and oxygen atoms in total. The van der Waals surface area contributed by atoms with Gasteiger partial charge >= 0.3 is 0 Å². The molecule has 0 bridgehead atoms. The first-order chi connectivity index (χ1) is 13.9. The summed E-state index contributed by atoms with van der Waals surface area (Å²) in [7, 11) is -3.33. The standard InChI is InChI=1S/C18H17BrN4O4S2/c1-2-29(25,26)23-13-9-7-12(8-10-13)17-21-22-18(27-17)28-11-16(24)20-15-6-4-3-5-14(15)19/h3-10,23H,2,11H2,1H3,(H,20,24). The molecule has 0 fully saturated rings. The highest BCUT2D eigenvalue weighted by Gasteiger charge is 2.13. The second-order valence-corrected chi connectivity index (χ2v) is 9.56. The third-order valence-corrected chi connectivity index (χ3v) is 6.48. The van der Waals surface area contributed by atoms with Crippen molar-refractivity contribution >= 4 is 55.0 Å². The fraction of sp³-hybridized carbons (Fsp3) is 0.167. The number of anilines is 2. The minimum Gasteiger partial charge on any atom is -0.411 e. The van der Waals surface area contributed by atoms with E-state index in [1.54, 1.807) is 37.3 Å². The Balaban J connectivity index is 1.58. The molecule has 0 unspecified atom stereocenters. The van der Waals surface area contributed by atoms with Gasteiger partial charge in [-0.2, -0.15) is 0 Å². The molecule has 0 aliphatic heterocycles. The van der Waals surface area contributed by atoms with E-state index in [9.17, 15) is 13.2 Å². The number of nitrogens with one attached hydrogen (secondary N) is 2. The highest BCUT2D eigenvalue weighted by Crippen LogP contribution is 2.25. The number of hydrogen-bond acceptors (Lipinski definition) is 7. The number of nitrogens with zero attached hydrogens (tertiary/aromatic N) is 2. The van der Waals surface area contributed by atoms with Gasteiger partial charge in [-0.25, -0.2) is 8.42 Å². The summed E-state index contributed by atoms with van der Waals surface area (Å²) in [6.45, 7) is 1.56. The maximum absolute atomic E-state index is 12.1. The minimum atomic E-state index is -3.33. The third kappa shape index (κ3) is 6.05. The molecule has 0 aliphatic carbocycles. The number of amides is 1. The molecule has 1 aromatic heterocycles. The first-order valence-electron chi connectivity index (χ1n) is 8.48. The Morgan fingerprint density at radius 2 is 1.86 bits per heavy atom. The summed E-state index contributed by atoms with van der Waals surface area (Å²) in [5.74, 6) is 0.187. The lowest BCUT2D eigenvalue weighted by atomic mass is 10.2. The molecule has 0 radical (unpaired) electrons. The smallest absolute Gasteiger partial charge is 0.277 e. The summed E-state index contributed by atoms with van der Waals surface area (Å²) in [4.78, 5) is 12.1. The summed E-state index contributed by atoms with van der Waals surface area (Å²) in [5, 5.41) is 11.0. The SMILES string of the molecule is CCS(=O)(=O)Nc1ccc(-c2nnc(SCC(=O)Nc3ccccc3Br)o2)cc1. The van der Waals surface area contributed by atoms with E-state index in [0.29, 0.717) is 16.9 Å². The number of halogens is 1. The van der Waals surface area contributed by atoms with Crippen molar-refractivity contribution in [1.82, 2.24) is 10.2 Å². The summed E-state index contributed by atoms with van der Waals surface area (Å²) in [5.41, 5.74) is 1.78. The summed E-state index contributed by atoms with van der Waals surface area (Å²) < 4.78 is 32.0. The highest BCUT2D eigenvalue weighted by atomic mass is 79.9. The van der Waals surface area contributed by atoms with Crippen LogP contribution in [0.25, 0.3) is 11.5 Å². The zero-order chi connectivity index (χ0) is 20.9. The predicted octanol–water partition coefficient (Wildman–Crippen LogP) is 3.99. The van der Waals surface area contributed by atoms with Crippen molar-refractivity contribution in [2.24, 2.45) is 0 Å². The fourth-order valence-electron chi connectivity index (χ4n) is 2.19. The van der Waals surface area contributed by atoms with Crippen molar-refractivity contribution < 1.29 is 17.6 Å². The maximum Gasteiger partial charge on any atom is 0.277 e. The van der Waals surface area contributed by atoms with Crippen molar-refractivity contribution in [1.29, 1.82) is 0 Å². The molecule has 0 atom stereocenters. The van der Waals surface area contributed by atoms with E-state index in [1.165, 1.54) is 0 Å². The van der Waals surface area contributed by atoms with Crippen molar-refractivity contribution in [3.05, 3.63) is 53.0 Å². The van der Waals surface area contributed by atoms with Crippen LogP contribution < -0.4 is 10.0 Å². The lowest BCUT2D eigenvalue weighted by molar-refractivity contribution is -0.113. The zero-order valence-electron chi connectivity index (χ0n) is 15.3. The van der Waals surface area contributed by atoms with Crippen LogP contribution in [-0.4, -0.2) is 36.0 Å². The number of thioether (sulfide) groups is 1. The van der Waals surface area contributed by atoms with Crippen molar-refractivity contribution in [2.45, 2.75) is 12.1 Å². The predicted molar refractivity (Wildman–Crippen MR) is 116 cm³/mol. The molecular weight excluding hydrogens is 480 g/mol. The zero-order valence-corrected chi connectivity index (χ0v) is 18.5. The normalized spacial score (nSPS) is 11.2. The van der Waals surface area contributed by atoms with Crippen LogP contribution in [0.3, 0.4) is 0 Å². The third-order valence-electron chi connectivity index (χ3n) is 3.67. The van der Waals surface area contributed by atoms with Gasteiger partial charge < -0.3 is 9.73 Å². The van der Waals surface area contributed by atoms with Gasteiger partial charge in [-0.1, -0.05) is 23.9 Å².